The molecule has 3 rings (SSSR count). The van der Waals surface area contributed by atoms with Gasteiger partial charge < -0.3 is 4.84 Å². The van der Waals surface area contributed by atoms with Crippen LogP contribution in [-0.2, 0) is 18.1 Å². The molecule has 0 amide bonds. The summed E-state index contributed by atoms with van der Waals surface area (Å²) >= 11 is 12.7. The van der Waals surface area contributed by atoms with E-state index in [2.05, 4.69) is 10.3 Å². The monoisotopic (exact) mass is 473 g/mol. The normalized spacial score (nSPS) is 11.8. The van der Waals surface area contributed by atoms with Crippen molar-refractivity contribution in [2.45, 2.75) is 16.1 Å². The van der Waals surface area contributed by atoms with Crippen LogP contribution in [0.3, 0.4) is 0 Å². The predicted octanol–water partition coefficient (Wildman–Crippen LogP) is 6.09. The number of halogens is 5. The predicted molar refractivity (Wildman–Crippen MR) is 108 cm³/mol. The Kier molecular flexibility index (Phi) is 6.74. The second-order valence-electron chi connectivity index (χ2n) is 5.87. The lowest BCUT2D eigenvalue weighted by Gasteiger charge is -2.05. The molecule has 0 saturated carbocycles. The maximum atomic E-state index is 13.4. The van der Waals surface area contributed by atoms with Crippen LogP contribution in [0.1, 0.15) is 21.6 Å². The van der Waals surface area contributed by atoms with Crippen molar-refractivity contribution in [1.29, 1.82) is 0 Å². The van der Waals surface area contributed by atoms with Gasteiger partial charge in [0.1, 0.15) is 5.03 Å². The highest BCUT2D eigenvalue weighted by atomic mass is 35.5. The van der Waals surface area contributed by atoms with Crippen LogP contribution in [0.4, 0.5) is 13.2 Å². The zero-order valence-corrected chi connectivity index (χ0v) is 17.5. The summed E-state index contributed by atoms with van der Waals surface area (Å²) in [5.41, 5.74) is -1.34. The third-order valence-corrected chi connectivity index (χ3v) is 5.36. The summed E-state index contributed by atoms with van der Waals surface area (Å²) in [6.45, 7) is 0. The summed E-state index contributed by atoms with van der Waals surface area (Å²) in [5, 5.41) is 8.01. The molecule has 0 aliphatic heterocycles. The Morgan fingerprint density at radius 2 is 1.87 bits per heavy atom. The first-order chi connectivity index (χ1) is 14.1. The van der Waals surface area contributed by atoms with Gasteiger partial charge in [-0.25, -0.2) is 4.79 Å². The van der Waals surface area contributed by atoms with Gasteiger partial charge in [-0.3, -0.25) is 4.68 Å². The summed E-state index contributed by atoms with van der Waals surface area (Å²) in [5.74, 6) is -0.843. The number of nitrogens with zero attached hydrogens (tertiary/aromatic N) is 3. The van der Waals surface area contributed by atoms with Crippen LogP contribution in [0.2, 0.25) is 10.0 Å². The first-order valence-corrected chi connectivity index (χ1v) is 9.80. The van der Waals surface area contributed by atoms with Crippen LogP contribution in [0.5, 0.6) is 0 Å². The molecule has 0 aliphatic rings. The highest BCUT2D eigenvalue weighted by molar-refractivity contribution is 7.99. The Hall–Kier alpha value is -2.49. The van der Waals surface area contributed by atoms with Gasteiger partial charge in [0.2, 0.25) is 0 Å². The molecule has 11 heteroatoms. The number of carbonyl (C=O) groups is 1. The van der Waals surface area contributed by atoms with Crippen molar-refractivity contribution in [2.24, 2.45) is 12.2 Å². The van der Waals surface area contributed by atoms with E-state index >= 15 is 0 Å². The molecule has 0 N–H and O–H groups in total. The molecule has 0 bridgehead atoms. The van der Waals surface area contributed by atoms with Gasteiger partial charge in [-0.05, 0) is 42.5 Å². The van der Waals surface area contributed by atoms with E-state index < -0.39 is 17.8 Å². The molecule has 1 aromatic heterocycles. The molecular weight excluding hydrogens is 462 g/mol. The molecule has 156 valence electrons. The third kappa shape index (κ3) is 5.35. The number of hydrogen-bond donors (Lipinski definition) is 0. The van der Waals surface area contributed by atoms with Gasteiger partial charge in [-0.1, -0.05) is 46.2 Å². The number of aryl methyl sites for hydroxylation is 1. The fourth-order valence-corrected chi connectivity index (χ4v) is 3.75. The number of aromatic nitrogens is 2. The Bertz CT molecular complexity index is 1100. The van der Waals surface area contributed by atoms with E-state index in [-0.39, 0.29) is 16.2 Å². The lowest BCUT2D eigenvalue weighted by Crippen LogP contribution is -2.09. The van der Waals surface area contributed by atoms with E-state index in [1.807, 2.05) is 0 Å². The maximum absolute atomic E-state index is 13.4. The highest BCUT2D eigenvalue weighted by Gasteiger charge is 2.38. The molecule has 0 fully saturated rings. The van der Waals surface area contributed by atoms with Crippen LogP contribution in [0.25, 0.3) is 0 Å². The average molecular weight is 474 g/mol. The largest absolute Gasteiger partial charge is 0.435 e. The summed E-state index contributed by atoms with van der Waals surface area (Å²) < 4.78 is 41.4. The van der Waals surface area contributed by atoms with Gasteiger partial charge in [0.25, 0.3) is 0 Å². The van der Waals surface area contributed by atoms with Crippen molar-refractivity contribution in [3.05, 3.63) is 75.4 Å². The number of carbonyl (C=O) groups excluding carboxylic acids is 1. The van der Waals surface area contributed by atoms with Crippen LogP contribution < -0.4 is 0 Å². The van der Waals surface area contributed by atoms with E-state index in [0.29, 0.717) is 14.9 Å². The number of hydrogen-bond acceptors (Lipinski definition) is 5. The van der Waals surface area contributed by atoms with Gasteiger partial charge in [0.15, 0.2) is 5.69 Å². The van der Waals surface area contributed by atoms with Crippen molar-refractivity contribution in [1.82, 2.24) is 9.78 Å². The minimum Gasteiger partial charge on any atom is -0.313 e. The summed E-state index contributed by atoms with van der Waals surface area (Å²) in [6.07, 6.45) is -3.91. The number of benzene rings is 2. The van der Waals surface area contributed by atoms with E-state index in [4.69, 9.17) is 28.0 Å². The zero-order chi connectivity index (χ0) is 21.9. The first kappa shape index (κ1) is 22.2. The standard InChI is InChI=1S/C19H12Cl2F3N3O2S/c1-27-17(30-14-4-2-3-13(21)9-14)15(16(26-27)19(22,23)24)10-25-29-18(28)11-5-7-12(20)8-6-11/h2-10H,1H3/b25-10+. The van der Waals surface area contributed by atoms with Gasteiger partial charge in [0, 0.05) is 22.0 Å². The van der Waals surface area contributed by atoms with Gasteiger partial charge >= 0.3 is 12.1 Å². The second kappa shape index (κ2) is 9.11. The summed E-state index contributed by atoms with van der Waals surface area (Å²) in [4.78, 5) is 17.3. The SMILES string of the molecule is Cn1nc(C(F)(F)F)c(/C=N/OC(=O)c2ccc(Cl)cc2)c1Sc1cccc(Cl)c1. The number of rotatable bonds is 5. The fourth-order valence-electron chi connectivity index (χ4n) is 2.38. The molecule has 0 aliphatic carbocycles. The lowest BCUT2D eigenvalue weighted by molar-refractivity contribution is -0.141. The molecule has 0 radical (unpaired) electrons. The molecule has 0 unspecified atom stereocenters. The van der Waals surface area contributed by atoms with Crippen molar-refractivity contribution >= 4 is 47.1 Å². The van der Waals surface area contributed by atoms with Crippen LogP contribution in [0, 0.1) is 0 Å². The molecule has 0 saturated heterocycles. The Morgan fingerprint density at radius 3 is 2.50 bits per heavy atom. The molecule has 2 aromatic carbocycles. The van der Waals surface area contributed by atoms with Gasteiger partial charge in [0.05, 0.1) is 17.3 Å². The minimum atomic E-state index is -4.73. The Morgan fingerprint density at radius 1 is 1.17 bits per heavy atom. The van der Waals surface area contributed by atoms with Crippen molar-refractivity contribution < 1.29 is 22.8 Å². The fraction of sp³-hybridized carbons (Fsp3) is 0.105. The minimum absolute atomic E-state index is 0.146. The molecule has 3 aromatic rings. The van der Waals surface area contributed by atoms with E-state index in [1.165, 1.54) is 31.3 Å². The second-order valence-corrected chi connectivity index (χ2v) is 7.80. The summed E-state index contributed by atoms with van der Waals surface area (Å²) in [6, 6.07) is 12.4. The number of oxime groups is 1. The van der Waals surface area contributed by atoms with E-state index in [9.17, 15) is 18.0 Å². The highest BCUT2D eigenvalue weighted by Crippen LogP contribution is 2.38. The van der Waals surface area contributed by atoms with Crippen molar-refractivity contribution in [3.63, 3.8) is 0 Å². The molecule has 0 atom stereocenters. The van der Waals surface area contributed by atoms with Crippen molar-refractivity contribution in [2.75, 3.05) is 0 Å². The molecule has 30 heavy (non-hydrogen) atoms. The lowest BCUT2D eigenvalue weighted by atomic mass is 10.2. The Labute approximate surface area is 183 Å². The summed E-state index contributed by atoms with van der Waals surface area (Å²) in [7, 11) is 1.37. The van der Waals surface area contributed by atoms with Gasteiger partial charge in [-0.15, -0.1) is 0 Å². The molecule has 5 nitrogen and oxygen atoms in total. The van der Waals surface area contributed by atoms with E-state index in [0.717, 1.165) is 22.7 Å². The van der Waals surface area contributed by atoms with Crippen molar-refractivity contribution in [3.8, 4) is 0 Å². The van der Waals surface area contributed by atoms with Crippen LogP contribution in [0.15, 0.2) is 63.6 Å². The molecule has 0 spiro atoms. The van der Waals surface area contributed by atoms with Crippen LogP contribution >= 0.6 is 35.0 Å². The maximum Gasteiger partial charge on any atom is 0.435 e. The average Bonchev–Trinajstić information content (AvgIpc) is 2.98. The molecular formula is C19H12Cl2F3N3O2S. The van der Waals surface area contributed by atoms with E-state index in [1.54, 1.807) is 24.3 Å². The first-order valence-electron chi connectivity index (χ1n) is 8.23. The zero-order valence-electron chi connectivity index (χ0n) is 15.2. The quantitative estimate of drug-likeness (QED) is 0.255. The number of alkyl halides is 3. The third-order valence-electron chi connectivity index (χ3n) is 3.71. The van der Waals surface area contributed by atoms with Crippen LogP contribution in [-0.4, -0.2) is 22.0 Å². The topological polar surface area (TPSA) is 56.5 Å². The smallest absolute Gasteiger partial charge is 0.313 e. The Balaban J connectivity index is 1.90. The van der Waals surface area contributed by atoms with Gasteiger partial charge in [-0.2, -0.15) is 18.3 Å². The molecule has 1 heterocycles.